The molecule has 0 unspecified atom stereocenters. The summed E-state index contributed by atoms with van der Waals surface area (Å²) in [6.07, 6.45) is 1.68. The fourth-order valence-corrected chi connectivity index (χ4v) is 2.40. The van der Waals surface area contributed by atoms with Crippen molar-refractivity contribution in [2.24, 2.45) is 0 Å². The standard InChI is InChI=1S/C17H14N6O/c24-17-21-13-7-6-12(10-14(13)22-17)20-16-18-9-8-15(23-16)19-11-4-2-1-3-5-11/h1-10H,(H2,21,22,24)(H2,18,19,20,23). The van der Waals surface area contributed by atoms with Gasteiger partial charge in [-0.15, -0.1) is 0 Å². The van der Waals surface area contributed by atoms with E-state index in [1.165, 1.54) is 0 Å². The molecule has 2 heterocycles. The molecule has 0 aliphatic heterocycles. The molecule has 2 aromatic heterocycles. The highest BCUT2D eigenvalue weighted by molar-refractivity contribution is 5.79. The van der Waals surface area contributed by atoms with Crippen LogP contribution in [0, 0.1) is 0 Å². The topological polar surface area (TPSA) is 98.5 Å². The molecule has 4 aromatic rings. The van der Waals surface area contributed by atoms with Crippen LogP contribution in [0.3, 0.4) is 0 Å². The molecule has 0 spiro atoms. The number of H-pyrrole nitrogens is 2. The third-order valence-corrected chi connectivity index (χ3v) is 3.47. The Balaban J connectivity index is 1.57. The lowest BCUT2D eigenvalue weighted by atomic mass is 10.3. The van der Waals surface area contributed by atoms with Gasteiger partial charge in [-0.25, -0.2) is 9.78 Å². The first kappa shape index (κ1) is 14.0. The number of hydrogen-bond donors (Lipinski definition) is 4. The van der Waals surface area contributed by atoms with Crippen LogP contribution >= 0.6 is 0 Å². The van der Waals surface area contributed by atoms with Crippen molar-refractivity contribution in [1.29, 1.82) is 0 Å². The van der Waals surface area contributed by atoms with E-state index in [0.29, 0.717) is 11.8 Å². The quantitative estimate of drug-likeness (QED) is 0.463. The highest BCUT2D eigenvalue weighted by atomic mass is 16.1. The van der Waals surface area contributed by atoms with Gasteiger partial charge in [0.15, 0.2) is 0 Å². The van der Waals surface area contributed by atoms with E-state index >= 15 is 0 Å². The minimum atomic E-state index is -0.229. The second-order valence-electron chi connectivity index (χ2n) is 5.22. The fourth-order valence-electron chi connectivity index (χ4n) is 2.40. The molecule has 0 radical (unpaired) electrons. The van der Waals surface area contributed by atoms with Crippen LogP contribution in [0.2, 0.25) is 0 Å². The molecule has 4 rings (SSSR count). The maximum absolute atomic E-state index is 11.3. The molecule has 0 aliphatic rings. The Morgan fingerprint density at radius 3 is 2.54 bits per heavy atom. The third kappa shape index (κ3) is 2.95. The zero-order chi connectivity index (χ0) is 16.4. The van der Waals surface area contributed by atoms with Gasteiger partial charge in [-0.3, -0.25) is 0 Å². The highest BCUT2D eigenvalue weighted by Crippen LogP contribution is 2.19. The summed E-state index contributed by atoms with van der Waals surface area (Å²) in [5, 5.41) is 6.35. The molecule has 0 amide bonds. The Morgan fingerprint density at radius 1 is 0.833 bits per heavy atom. The van der Waals surface area contributed by atoms with E-state index in [0.717, 1.165) is 22.4 Å². The molecule has 0 aliphatic carbocycles. The summed E-state index contributed by atoms with van der Waals surface area (Å²) in [5.74, 6) is 1.16. The number of aromatic nitrogens is 4. The first-order chi connectivity index (χ1) is 11.8. The molecule has 0 saturated carbocycles. The summed E-state index contributed by atoms with van der Waals surface area (Å²) in [7, 11) is 0. The number of imidazole rings is 1. The van der Waals surface area contributed by atoms with E-state index in [2.05, 4.69) is 30.6 Å². The summed E-state index contributed by atoms with van der Waals surface area (Å²) in [4.78, 5) is 25.4. The van der Waals surface area contributed by atoms with E-state index in [-0.39, 0.29) is 5.69 Å². The van der Waals surface area contributed by atoms with Crippen LogP contribution in [0.15, 0.2) is 65.6 Å². The summed E-state index contributed by atoms with van der Waals surface area (Å²) in [6, 6.07) is 17.1. The molecule has 7 heteroatoms. The summed E-state index contributed by atoms with van der Waals surface area (Å²) in [5.41, 5.74) is 2.99. The highest BCUT2D eigenvalue weighted by Gasteiger charge is 2.03. The van der Waals surface area contributed by atoms with Gasteiger partial charge in [0, 0.05) is 17.6 Å². The summed E-state index contributed by atoms with van der Waals surface area (Å²) >= 11 is 0. The maximum Gasteiger partial charge on any atom is 0.323 e. The molecule has 0 atom stereocenters. The molecule has 7 nitrogen and oxygen atoms in total. The predicted molar refractivity (Wildman–Crippen MR) is 94.0 cm³/mol. The van der Waals surface area contributed by atoms with Crippen LogP contribution in [0.4, 0.5) is 23.1 Å². The van der Waals surface area contributed by atoms with Gasteiger partial charge in [0.25, 0.3) is 0 Å². The lowest BCUT2D eigenvalue weighted by Gasteiger charge is -2.08. The Kier molecular flexibility index (Phi) is 3.43. The molecule has 0 fully saturated rings. The van der Waals surface area contributed by atoms with Gasteiger partial charge in [0.1, 0.15) is 5.82 Å². The number of nitrogens with one attached hydrogen (secondary N) is 4. The number of hydrogen-bond acceptors (Lipinski definition) is 5. The second kappa shape index (κ2) is 5.88. The van der Waals surface area contributed by atoms with E-state index in [4.69, 9.17) is 0 Å². The second-order valence-corrected chi connectivity index (χ2v) is 5.22. The molecular formula is C17H14N6O. The first-order valence-electron chi connectivity index (χ1n) is 7.40. The first-order valence-corrected chi connectivity index (χ1v) is 7.40. The Hall–Kier alpha value is -3.61. The molecule has 0 bridgehead atoms. The monoisotopic (exact) mass is 318 g/mol. The van der Waals surface area contributed by atoms with Crippen LogP contribution in [-0.4, -0.2) is 19.9 Å². The van der Waals surface area contributed by atoms with Gasteiger partial charge in [0.2, 0.25) is 5.95 Å². The van der Waals surface area contributed by atoms with Crippen LogP contribution in [-0.2, 0) is 0 Å². The third-order valence-electron chi connectivity index (χ3n) is 3.47. The average molecular weight is 318 g/mol. The Labute approximate surface area is 136 Å². The molecule has 4 N–H and O–H groups in total. The van der Waals surface area contributed by atoms with Gasteiger partial charge < -0.3 is 20.6 Å². The van der Waals surface area contributed by atoms with Crippen LogP contribution < -0.4 is 16.3 Å². The minimum absolute atomic E-state index is 0.229. The lowest BCUT2D eigenvalue weighted by Crippen LogP contribution is -2.00. The Morgan fingerprint density at radius 2 is 1.67 bits per heavy atom. The number of anilines is 4. The summed E-state index contributed by atoms with van der Waals surface area (Å²) in [6.45, 7) is 0. The van der Waals surface area contributed by atoms with Crippen molar-refractivity contribution in [2.75, 3.05) is 10.6 Å². The van der Waals surface area contributed by atoms with Gasteiger partial charge in [0.05, 0.1) is 11.0 Å². The van der Waals surface area contributed by atoms with Gasteiger partial charge in [-0.05, 0) is 36.4 Å². The van der Waals surface area contributed by atoms with Crippen LogP contribution in [0.1, 0.15) is 0 Å². The van der Waals surface area contributed by atoms with Gasteiger partial charge in [-0.2, -0.15) is 4.98 Å². The Bertz CT molecular complexity index is 1040. The van der Waals surface area contributed by atoms with Crippen molar-refractivity contribution in [3.05, 3.63) is 71.3 Å². The normalized spacial score (nSPS) is 10.7. The van der Waals surface area contributed by atoms with E-state index in [1.807, 2.05) is 48.5 Å². The zero-order valence-corrected chi connectivity index (χ0v) is 12.6. The van der Waals surface area contributed by atoms with Crippen LogP contribution in [0.25, 0.3) is 11.0 Å². The molecule has 2 aromatic carbocycles. The molecular weight excluding hydrogens is 304 g/mol. The number of para-hydroxylation sites is 1. The lowest BCUT2D eigenvalue weighted by molar-refractivity contribution is 1.17. The largest absolute Gasteiger partial charge is 0.340 e. The summed E-state index contributed by atoms with van der Waals surface area (Å²) < 4.78 is 0. The van der Waals surface area contributed by atoms with Crippen molar-refractivity contribution in [1.82, 2.24) is 19.9 Å². The average Bonchev–Trinajstić information content (AvgIpc) is 2.95. The number of rotatable bonds is 4. The predicted octanol–water partition coefficient (Wildman–Crippen LogP) is 3.13. The van der Waals surface area contributed by atoms with Crippen molar-refractivity contribution < 1.29 is 0 Å². The van der Waals surface area contributed by atoms with Crippen molar-refractivity contribution in [3.8, 4) is 0 Å². The zero-order valence-electron chi connectivity index (χ0n) is 12.6. The number of nitrogens with zero attached hydrogens (tertiary/aromatic N) is 2. The number of aromatic amines is 2. The number of benzene rings is 2. The van der Waals surface area contributed by atoms with Crippen molar-refractivity contribution in [2.45, 2.75) is 0 Å². The molecule has 118 valence electrons. The van der Waals surface area contributed by atoms with Gasteiger partial charge in [-0.1, -0.05) is 18.2 Å². The van der Waals surface area contributed by atoms with Crippen molar-refractivity contribution in [3.63, 3.8) is 0 Å². The number of fused-ring (bicyclic) bond motifs is 1. The van der Waals surface area contributed by atoms with E-state index in [9.17, 15) is 4.79 Å². The van der Waals surface area contributed by atoms with E-state index in [1.54, 1.807) is 12.3 Å². The van der Waals surface area contributed by atoms with Crippen LogP contribution in [0.5, 0.6) is 0 Å². The molecule has 0 saturated heterocycles. The van der Waals surface area contributed by atoms with Crippen molar-refractivity contribution >= 4 is 34.2 Å². The van der Waals surface area contributed by atoms with Gasteiger partial charge >= 0.3 is 5.69 Å². The fraction of sp³-hybridized carbons (Fsp3) is 0. The smallest absolute Gasteiger partial charge is 0.323 e. The minimum Gasteiger partial charge on any atom is -0.340 e. The SMILES string of the molecule is O=c1[nH]c2ccc(Nc3nccc(Nc4ccccc4)n3)cc2[nH]1. The van der Waals surface area contributed by atoms with E-state index < -0.39 is 0 Å². The molecule has 24 heavy (non-hydrogen) atoms. The maximum atomic E-state index is 11.3.